The molecule has 1 atom stereocenters. The van der Waals surface area contributed by atoms with E-state index in [1.165, 1.54) is 0 Å². The molecule has 0 aromatic rings. The van der Waals surface area contributed by atoms with Gasteiger partial charge in [0.15, 0.2) is 0 Å². The maximum absolute atomic E-state index is 10.9. The number of carbonyl (C=O) groups is 1. The van der Waals surface area contributed by atoms with Crippen molar-refractivity contribution in [3.63, 3.8) is 0 Å². The second-order valence-electron chi connectivity index (χ2n) is 2.67. The van der Waals surface area contributed by atoms with Gasteiger partial charge in [-0.15, -0.1) is 0 Å². The Labute approximate surface area is 62.2 Å². The van der Waals surface area contributed by atoms with Gasteiger partial charge in [-0.05, 0) is 0 Å². The predicted molar refractivity (Wildman–Crippen MR) is 42.9 cm³/mol. The molecule has 0 N–H and O–H groups in total. The van der Waals surface area contributed by atoms with Crippen LogP contribution in [0, 0.1) is 5.92 Å². The SMILES string of the molecule is CC(S)CC(=O)C(C)C. The van der Waals surface area contributed by atoms with E-state index in [1.807, 2.05) is 20.8 Å². The number of ketones is 1. The maximum Gasteiger partial charge on any atom is 0.136 e. The van der Waals surface area contributed by atoms with E-state index in [0.29, 0.717) is 12.2 Å². The molecular weight excluding hydrogens is 132 g/mol. The van der Waals surface area contributed by atoms with Crippen LogP contribution in [-0.2, 0) is 4.79 Å². The van der Waals surface area contributed by atoms with Crippen molar-refractivity contribution in [1.29, 1.82) is 0 Å². The summed E-state index contributed by atoms with van der Waals surface area (Å²) in [5, 5.41) is 0.208. The fourth-order valence-corrected chi connectivity index (χ4v) is 0.707. The van der Waals surface area contributed by atoms with Crippen LogP contribution >= 0.6 is 12.6 Å². The summed E-state index contributed by atoms with van der Waals surface area (Å²) in [7, 11) is 0. The first-order chi connectivity index (χ1) is 4.04. The van der Waals surface area contributed by atoms with E-state index in [4.69, 9.17) is 0 Å². The Bertz CT molecular complexity index is 97.1. The quantitative estimate of drug-likeness (QED) is 0.602. The molecule has 0 saturated heterocycles. The minimum atomic E-state index is 0.166. The Morgan fingerprint density at radius 2 is 1.89 bits per heavy atom. The summed E-state index contributed by atoms with van der Waals surface area (Å²) in [6.45, 7) is 5.76. The van der Waals surface area contributed by atoms with Gasteiger partial charge >= 0.3 is 0 Å². The summed E-state index contributed by atoms with van der Waals surface area (Å²) in [6.07, 6.45) is 0.598. The molecule has 0 fully saturated rings. The summed E-state index contributed by atoms with van der Waals surface area (Å²) in [5.74, 6) is 0.470. The number of hydrogen-bond acceptors (Lipinski definition) is 2. The zero-order chi connectivity index (χ0) is 7.44. The number of thiol groups is 1. The fourth-order valence-electron chi connectivity index (χ4n) is 0.527. The van der Waals surface area contributed by atoms with Crippen LogP contribution in [0.4, 0.5) is 0 Å². The number of hydrogen-bond donors (Lipinski definition) is 1. The molecule has 0 aromatic heterocycles. The molecule has 0 radical (unpaired) electrons. The zero-order valence-electron chi connectivity index (χ0n) is 6.22. The largest absolute Gasteiger partial charge is 0.299 e. The molecule has 0 bridgehead atoms. The predicted octanol–water partition coefficient (Wildman–Crippen LogP) is 1.92. The molecular formula is C7H14OS. The Kier molecular flexibility index (Phi) is 3.95. The Morgan fingerprint density at radius 1 is 1.44 bits per heavy atom. The number of rotatable bonds is 3. The monoisotopic (exact) mass is 146 g/mol. The molecule has 0 saturated carbocycles. The molecule has 0 aliphatic rings. The van der Waals surface area contributed by atoms with E-state index in [1.54, 1.807) is 0 Å². The molecule has 1 nitrogen and oxygen atoms in total. The van der Waals surface area contributed by atoms with Crippen molar-refractivity contribution in [2.75, 3.05) is 0 Å². The lowest BCUT2D eigenvalue weighted by Gasteiger charge is -2.04. The van der Waals surface area contributed by atoms with E-state index in [-0.39, 0.29) is 11.2 Å². The first-order valence-electron chi connectivity index (χ1n) is 3.24. The lowest BCUT2D eigenvalue weighted by Crippen LogP contribution is -2.10. The molecule has 0 spiro atoms. The van der Waals surface area contributed by atoms with Gasteiger partial charge in [-0.2, -0.15) is 12.6 Å². The van der Waals surface area contributed by atoms with E-state index < -0.39 is 0 Å². The lowest BCUT2D eigenvalue weighted by molar-refractivity contribution is -0.121. The van der Waals surface area contributed by atoms with E-state index in [0.717, 1.165) is 0 Å². The van der Waals surface area contributed by atoms with Crippen LogP contribution in [0.25, 0.3) is 0 Å². The van der Waals surface area contributed by atoms with Gasteiger partial charge in [0.05, 0.1) is 0 Å². The van der Waals surface area contributed by atoms with Crippen molar-refractivity contribution in [3.8, 4) is 0 Å². The van der Waals surface area contributed by atoms with E-state index >= 15 is 0 Å². The molecule has 54 valence electrons. The minimum Gasteiger partial charge on any atom is -0.299 e. The number of carbonyl (C=O) groups excluding carboxylic acids is 1. The topological polar surface area (TPSA) is 17.1 Å². The molecule has 1 unspecified atom stereocenters. The van der Waals surface area contributed by atoms with Gasteiger partial charge in [0.2, 0.25) is 0 Å². The van der Waals surface area contributed by atoms with Crippen LogP contribution in [0.3, 0.4) is 0 Å². The van der Waals surface area contributed by atoms with Gasteiger partial charge in [0, 0.05) is 17.6 Å². The Balaban J connectivity index is 3.51. The third-order valence-electron chi connectivity index (χ3n) is 1.14. The highest BCUT2D eigenvalue weighted by Gasteiger charge is 2.08. The second-order valence-corrected chi connectivity index (χ2v) is 3.56. The molecule has 0 heterocycles. The summed E-state index contributed by atoms with van der Waals surface area (Å²) >= 11 is 4.11. The van der Waals surface area contributed by atoms with Gasteiger partial charge in [-0.25, -0.2) is 0 Å². The highest BCUT2D eigenvalue weighted by Crippen LogP contribution is 2.05. The second kappa shape index (κ2) is 3.94. The minimum absolute atomic E-state index is 0.166. The molecule has 0 aromatic carbocycles. The maximum atomic E-state index is 10.9. The highest BCUT2D eigenvalue weighted by atomic mass is 32.1. The summed E-state index contributed by atoms with van der Waals surface area (Å²) in [6, 6.07) is 0. The van der Waals surface area contributed by atoms with Crippen molar-refractivity contribution >= 4 is 18.4 Å². The van der Waals surface area contributed by atoms with Crippen LogP contribution in [0.1, 0.15) is 27.2 Å². The van der Waals surface area contributed by atoms with Crippen LogP contribution in [0.2, 0.25) is 0 Å². The summed E-state index contributed by atoms with van der Waals surface area (Å²) in [5.41, 5.74) is 0. The summed E-state index contributed by atoms with van der Waals surface area (Å²) in [4.78, 5) is 10.9. The average Bonchev–Trinajstić information content (AvgIpc) is 1.63. The normalized spacial score (nSPS) is 13.9. The smallest absolute Gasteiger partial charge is 0.136 e. The third kappa shape index (κ3) is 4.52. The molecule has 9 heavy (non-hydrogen) atoms. The molecule has 0 aliphatic carbocycles. The van der Waals surface area contributed by atoms with Crippen LogP contribution < -0.4 is 0 Å². The molecule has 0 rings (SSSR count). The van der Waals surface area contributed by atoms with Crippen LogP contribution in [0.15, 0.2) is 0 Å². The van der Waals surface area contributed by atoms with Gasteiger partial charge in [-0.3, -0.25) is 4.79 Å². The van der Waals surface area contributed by atoms with E-state index in [9.17, 15) is 4.79 Å². The standard InChI is InChI=1S/C7H14OS/c1-5(2)7(8)4-6(3)9/h5-6,9H,4H2,1-3H3. The van der Waals surface area contributed by atoms with Crippen LogP contribution in [-0.4, -0.2) is 11.0 Å². The average molecular weight is 146 g/mol. The number of Topliss-reactive ketones (excluding diaryl/α,β-unsaturated/α-hetero) is 1. The van der Waals surface area contributed by atoms with Crippen molar-refractivity contribution in [1.82, 2.24) is 0 Å². The third-order valence-corrected chi connectivity index (χ3v) is 1.32. The van der Waals surface area contributed by atoms with E-state index in [2.05, 4.69) is 12.6 Å². The highest BCUT2D eigenvalue weighted by molar-refractivity contribution is 7.80. The van der Waals surface area contributed by atoms with Gasteiger partial charge in [-0.1, -0.05) is 20.8 Å². The summed E-state index contributed by atoms with van der Waals surface area (Å²) < 4.78 is 0. The fraction of sp³-hybridized carbons (Fsp3) is 0.857. The van der Waals surface area contributed by atoms with Crippen LogP contribution in [0.5, 0.6) is 0 Å². The van der Waals surface area contributed by atoms with Gasteiger partial charge in [0.1, 0.15) is 5.78 Å². The first kappa shape index (κ1) is 9.02. The van der Waals surface area contributed by atoms with Gasteiger partial charge < -0.3 is 0 Å². The Morgan fingerprint density at radius 3 is 2.00 bits per heavy atom. The molecule has 0 aliphatic heterocycles. The molecule has 0 amide bonds. The van der Waals surface area contributed by atoms with Gasteiger partial charge in [0.25, 0.3) is 0 Å². The molecule has 2 heteroatoms. The van der Waals surface area contributed by atoms with Crippen molar-refractivity contribution in [2.45, 2.75) is 32.4 Å². The Hall–Kier alpha value is 0.0200. The van der Waals surface area contributed by atoms with Crippen molar-refractivity contribution < 1.29 is 4.79 Å². The first-order valence-corrected chi connectivity index (χ1v) is 3.76. The van der Waals surface area contributed by atoms with Crippen molar-refractivity contribution in [2.24, 2.45) is 5.92 Å². The zero-order valence-corrected chi connectivity index (χ0v) is 7.11. The van der Waals surface area contributed by atoms with Crippen molar-refractivity contribution in [3.05, 3.63) is 0 Å². The lowest BCUT2D eigenvalue weighted by atomic mass is 10.1.